The third-order valence-corrected chi connectivity index (χ3v) is 3.80. The zero-order valence-electron chi connectivity index (χ0n) is 12.4. The smallest absolute Gasteiger partial charge is 0.0485 e. The van der Waals surface area contributed by atoms with Gasteiger partial charge in [0.25, 0.3) is 0 Å². The van der Waals surface area contributed by atoms with E-state index >= 15 is 0 Å². The first kappa shape index (κ1) is 14.4. The van der Waals surface area contributed by atoms with Crippen LogP contribution in [-0.4, -0.2) is 32.3 Å². The first-order valence-electron chi connectivity index (χ1n) is 7.29. The van der Waals surface area contributed by atoms with Crippen molar-refractivity contribution in [1.29, 1.82) is 0 Å². The molecular formula is C16H26N2O. The van der Waals surface area contributed by atoms with E-state index in [2.05, 4.69) is 55.4 Å². The molecule has 106 valence electrons. The van der Waals surface area contributed by atoms with Gasteiger partial charge in [0.2, 0.25) is 0 Å². The van der Waals surface area contributed by atoms with Gasteiger partial charge in [-0.15, -0.1) is 0 Å². The van der Waals surface area contributed by atoms with Crippen LogP contribution in [-0.2, 0) is 11.3 Å². The highest BCUT2D eigenvalue weighted by Gasteiger charge is 2.18. The van der Waals surface area contributed by atoms with Crippen molar-refractivity contribution >= 4 is 5.69 Å². The van der Waals surface area contributed by atoms with E-state index in [1.807, 2.05) is 0 Å². The normalized spacial score (nSPS) is 16.8. The second-order valence-corrected chi connectivity index (χ2v) is 5.66. The molecule has 1 aromatic carbocycles. The van der Waals surface area contributed by atoms with Crippen LogP contribution in [0.15, 0.2) is 24.3 Å². The minimum atomic E-state index is 0.532. The van der Waals surface area contributed by atoms with Crippen LogP contribution in [0.3, 0.4) is 0 Å². The summed E-state index contributed by atoms with van der Waals surface area (Å²) in [5.74, 6) is 0. The van der Waals surface area contributed by atoms with Gasteiger partial charge in [-0.3, -0.25) is 0 Å². The monoisotopic (exact) mass is 262 g/mol. The number of nitrogens with zero attached hydrogens (tertiary/aromatic N) is 1. The van der Waals surface area contributed by atoms with Gasteiger partial charge >= 0.3 is 0 Å². The lowest BCUT2D eigenvalue weighted by atomic mass is 10.1. The van der Waals surface area contributed by atoms with E-state index < -0.39 is 0 Å². The van der Waals surface area contributed by atoms with Crippen LogP contribution >= 0.6 is 0 Å². The Morgan fingerprint density at radius 3 is 2.42 bits per heavy atom. The van der Waals surface area contributed by atoms with Gasteiger partial charge in [-0.25, -0.2) is 0 Å². The lowest BCUT2D eigenvalue weighted by Gasteiger charge is -2.33. The van der Waals surface area contributed by atoms with Crippen molar-refractivity contribution in [3.63, 3.8) is 0 Å². The van der Waals surface area contributed by atoms with E-state index in [0.717, 1.165) is 32.6 Å². The molecular weight excluding hydrogens is 236 g/mol. The summed E-state index contributed by atoms with van der Waals surface area (Å²) in [4.78, 5) is 2.39. The van der Waals surface area contributed by atoms with Gasteiger partial charge in [-0.05, 0) is 30.5 Å². The van der Waals surface area contributed by atoms with E-state index in [-0.39, 0.29) is 0 Å². The molecule has 2 rings (SSSR count). The Balaban J connectivity index is 1.93. The molecule has 1 aliphatic heterocycles. The molecule has 0 radical (unpaired) electrons. The van der Waals surface area contributed by atoms with Crippen molar-refractivity contribution in [1.82, 2.24) is 5.32 Å². The van der Waals surface area contributed by atoms with Crippen LogP contribution in [0, 0.1) is 0 Å². The molecule has 0 bridgehead atoms. The summed E-state index contributed by atoms with van der Waals surface area (Å²) in [6.07, 6.45) is 2.26. The summed E-state index contributed by atoms with van der Waals surface area (Å²) < 4.78 is 5.42. The Morgan fingerprint density at radius 2 is 1.84 bits per heavy atom. The zero-order chi connectivity index (χ0) is 13.7. The van der Waals surface area contributed by atoms with E-state index in [9.17, 15) is 0 Å². The van der Waals surface area contributed by atoms with E-state index in [4.69, 9.17) is 4.74 Å². The van der Waals surface area contributed by atoms with Crippen LogP contribution in [0.2, 0.25) is 0 Å². The fraction of sp³-hybridized carbons (Fsp3) is 0.625. The summed E-state index contributed by atoms with van der Waals surface area (Å²) in [7, 11) is 2.19. The molecule has 1 heterocycles. The Labute approximate surface area is 116 Å². The largest absolute Gasteiger partial charge is 0.381 e. The summed E-state index contributed by atoms with van der Waals surface area (Å²) >= 11 is 0. The number of anilines is 1. The summed E-state index contributed by atoms with van der Waals surface area (Å²) in [5.41, 5.74) is 2.65. The van der Waals surface area contributed by atoms with Crippen molar-refractivity contribution in [2.24, 2.45) is 0 Å². The Kier molecular flexibility index (Phi) is 5.23. The van der Waals surface area contributed by atoms with Crippen molar-refractivity contribution < 1.29 is 4.74 Å². The fourth-order valence-corrected chi connectivity index (χ4v) is 2.45. The molecule has 0 aromatic heterocycles. The first-order valence-corrected chi connectivity index (χ1v) is 7.29. The maximum atomic E-state index is 5.42. The summed E-state index contributed by atoms with van der Waals surface area (Å²) in [5, 5.41) is 3.44. The third kappa shape index (κ3) is 4.22. The third-order valence-electron chi connectivity index (χ3n) is 3.80. The maximum absolute atomic E-state index is 5.42. The highest BCUT2D eigenvalue weighted by atomic mass is 16.5. The molecule has 19 heavy (non-hydrogen) atoms. The Hall–Kier alpha value is -1.06. The predicted octanol–water partition coefficient (Wildman–Crippen LogP) is 2.80. The SMILES string of the molecule is CC(C)NCc1ccc(N(C)C2CCOCC2)cc1. The average molecular weight is 262 g/mol. The van der Waals surface area contributed by atoms with E-state index in [1.54, 1.807) is 0 Å². The minimum absolute atomic E-state index is 0.532. The molecule has 1 aromatic rings. The molecule has 3 nitrogen and oxygen atoms in total. The summed E-state index contributed by atoms with van der Waals surface area (Å²) in [6.45, 7) is 7.08. The molecule has 0 atom stereocenters. The molecule has 0 saturated carbocycles. The minimum Gasteiger partial charge on any atom is -0.381 e. The highest BCUT2D eigenvalue weighted by molar-refractivity contribution is 5.47. The molecule has 0 amide bonds. The molecule has 1 saturated heterocycles. The van der Waals surface area contributed by atoms with Gasteiger partial charge in [0.05, 0.1) is 0 Å². The number of rotatable bonds is 5. The van der Waals surface area contributed by atoms with Crippen molar-refractivity contribution in [2.75, 3.05) is 25.2 Å². The van der Waals surface area contributed by atoms with Crippen LogP contribution in [0.25, 0.3) is 0 Å². The van der Waals surface area contributed by atoms with Crippen LogP contribution < -0.4 is 10.2 Å². The van der Waals surface area contributed by atoms with Crippen LogP contribution in [0.4, 0.5) is 5.69 Å². The topological polar surface area (TPSA) is 24.5 Å². The van der Waals surface area contributed by atoms with Crippen molar-refractivity contribution in [3.8, 4) is 0 Å². The van der Waals surface area contributed by atoms with Gasteiger partial charge in [-0.1, -0.05) is 26.0 Å². The predicted molar refractivity (Wildman–Crippen MR) is 80.7 cm³/mol. The summed E-state index contributed by atoms with van der Waals surface area (Å²) in [6, 6.07) is 10.1. The van der Waals surface area contributed by atoms with Gasteiger partial charge < -0.3 is 15.0 Å². The van der Waals surface area contributed by atoms with Crippen molar-refractivity contribution in [3.05, 3.63) is 29.8 Å². The molecule has 1 N–H and O–H groups in total. The van der Waals surface area contributed by atoms with Gasteiger partial charge in [-0.2, -0.15) is 0 Å². The molecule has 1 fully saturated rings. The van der Waals surface area contributed by atoms with Gasteiger partial charge in [0.15, 0.2) is 0 Å². The van der Waals surface area contributed by atoms with E-state index in [0.29, 0.717) is 12.1 Å². The number of hydrogen-bond donors (Lipinski definition) is 1. The molecule has 3 heteroatoms. The Morgan fingerprint density at radius 1 is 1.21 bits per heavy atom. The van der Waals surface area contributed by atoms with Crippen molar-refractivity contribution in [2.45, 2.75) is 45.3 Å². The average Bonchev–Trinajstić information content (AvgIpc) is 2.46. The molecule has 0 unspecified atom stereocenters. The molecule has 1 aliphatic rings. The quantitative estimate of drug-likeness (QED) is 0.883. The maximum Gasteiger partial charge on any atom is 0.0485 e. The number of hydrogen-bond acceptors (Lipinski definition) is 3. The number of ether oxygens (including phenoxy) is 1. The lowest BCUT2D eigenvalue weighted by molar-refractivity contribution is 0.0855. The van der Waals surface area contributed by atoms with Gasteiger partial charge in [0.1, 0.15) is 0 Å². The standard InChI is InChI=1S/C16H26N2O/c1-13(2)17-12-14-4-6-15(7-5-14)18(3)16-8-10-19-11-9-16/h4-7,13,16-17H,8-12H2,1-3H3. The van der Waals surface area contributed by atoms with E-state index in [1.165, 1.54) is 11.3 Å². The van der Waals surface area contributed by atoms with Crippen LogP contribution in [0.1, 0.15) is 32.3 Å². The fourth-order valence-electron chi connectivity index (χ4n) is 2.45. The van der Waals surface area contributed by atoms with Crippen LogP contribution in [0.5, 0.6) is 0 Å². The number of benzene rings is 1. The highest BCUT2D eigenvalue weighted by Crippen LogP contribution is 2.21. The number of nitrogens with one attached hydrogen (secondary N) is 1. The first-order chi connectivity index (χ1) is 9.16. The Bertz CT molecular complexity index is 369. The zero-order valence-corrected chi connectivity index (χ0v) is 12.4. The second kappa shape index (κ2) is 6.92. The molecule has 0 aliphatic carbocycles. The second-order valence-electron chi connectivity index (χ2n) is 5.66. The van der Waals surface area contributed by atoms with Gasteiger partial charge in [0, 0.05) is 44.6 Å². The molecule has 0 spiro atoms. The lowest BCUT2D eigenvalue weighted by Crippen LogP contribution is -2.36.